The van der Waals surface area contributed by atoms with Crippen molar-refractivity contribution in [3.8, 4) is 0 Å². The average molecular weight is 319 g/mol. The van der Waals surface area contributed by atoms with Crippen LogP contribution in [0.25, 0.3) is 0 Å². The molecule has 1 aromatic heterocycles. The Morgan fingerprint density at radius 1 is 1.35 bits per heavy atom. The van der Waals surface area contributed by atoms with Crippen LogP contribution in [0.5, 0.6) is 0 Å². The van der Waals surface area contributed by atoms with Crippen molar-refractivity contribution in [3.05, 3.63) is 22.6 Å². The van der Waals surface area contributed by atoms with Crippen molar-refractivity contribution in [1.82, 2.24) is 4.90 Å². The van der Waals surface area contributed by atoms with E-state index < -0.39 is 0 Å². The van der Waals surface area contributed by atoms with Gasteiger partial charge in [0, 0.05) is 17.5 Å². The van der Waals surface area contributed by atoms with E-state index in [4.69, 9.17) is 16.0 Å². The van der Waals surface area contributed by atoms with E-state index in [-0.39, 0.29) is 11.3 Å². The maximum atomic E-state index is 12.3. The molecule has 0 spiro atoms. The van der Waals surface area contributed by atoms with Gasteiger partial charge in [0.2, 0.25) is 0 Å². The summed E-state index contributed by atoms with van der Waals surface area (Å²) in [5.41, 5.74) is 0. The molecule has 2 bridgehead atoms. The highest BCUT2D eigenvalue weighted by atomic mass is 79.9. The van der Waals surface area contributed by atoms with Crippen molar-refractivity contribution in [2.75, 3.05) is 0 Å². The largest absolute Gasteiger partial charge is 0.444 e. The molecule has 1 aromatic rings. The molecule has 2 atom stereocenters. The molecule has 92 valence electrons. The number of nitrogens with zero attached hydrogens (tertiary/aromatic N) is 1. The molecule has 3 nitrogen and oxygen atoms in total. The quantitative estimate of drug-likeness (QED) is 0.743. The van der Waals surface area contributed by atoms with Crippen molar-refractivity contribution in [2.24, 2.45) is 0 Å². The van der Waals surface area contributed by atoms with Crippen LogP contribution < -0.4 is 0 Å². The number of amides is 1. The van der Waals surface area contributed by atoms with E-state index in [1.54, 1.807) is 12.1 Å². The van der Waals surface area contributed by atoms with E-state index in [2.05, 4.69) is 15.9 Å². The minimum Gasteiger partial charge on any atom is -0.444 e. The highest BCUT2D eigenvalue weighted by molar-refractivity contribution is 9.10. The Hall–Kier alpha value is -0.480. The number of hydrogen-bond donors (Lipinski definition) is 0. The molecule has 2 unspecified atom stereocenters. The van der Waals surface area contributed by atoms with Crippen molar-refractivity contribution < 1.29 is 9.21 Å². The monoisotopic (exact) mass is 317 g/mol. The maximum Gasteiger partial charge on any atom is 0.290 e. The van der Waals surface area contributed by atoms with E-state index in [1.807, 2.05) is 4.90 Å². The molecule has 3 rings (SSSR count). The van der Waals surface area contributed by atoms with E-state index in [0.717, 1.165) is 25.7 Å². The smallest absolute Gasteiger partial charge is 0.290 e. The number of carbonyl (C=O) groups excluding carboxylic acids is 1. The van der Waals surface area contributed by atoms with E-state index in [1.165, 1.54) is 0 Å². The van der Waals surface area contributed by atoms with Gasteiger partial charge in [-0.25, -0.2) is 0 Å². The molecule has 3 heterocycles. The first-order chi connectivity index (χ1) is 8.15. The summed E-state index contributed by atoms with van der Waals surface area (Å²) < 4.78 is 5.94. The second-order valence-corrected chi connectivity index (χ2v) is 6.17. The van der Waals surface area contributed by atoms with E-state index in [9.17, 15) is 4.79 Å². The van der Waals surface area contributed by atoms with Crippen LogP contribution in [0.1, 0.15) is 36.2 Å². The predicted molar refractivity (Wildman–Crippen MR) is 68.3 cm³/mol. The van der Waals surface area contributed by atoms with Gasteiger partial charge in [-0.3, -0.25) is 4.79 Å². The minimum atomic E-state index is 0.00627. The van der Waals surface area contributed by atoms with Crippen molar-refractivity contribution >= 4 is 33.4 Å². The zero-order valence-corrected chi connectivity index (χ0v) is 11.6. The molecule has 0 aromatic carbocycles. The second-order valence-electron chi connectivity index (χ2n) is 4.77. The van der Waals surface area contributed by atoms with Crippen LogP contribution >= 0.6 is 27.5 Å². The molecule has 2 aliphatic heterocycles. The predicted octanol–water partition coefficient (Wildman–Crippen LogP) is 3.42. The molecule has 5 heteroatoms. The number of hydrogen-bond acceptors (Lipinski definition) is 2. The third-order valence-electron chi connectivity index (χ3n) is 3.69. The molecule has 17 heavy (non-hydrogen) atoms. The lowest BCUT2D eigenvalue weighted by Gasteiger charge is -2.36. The fraction of sp³-hybridized carbons (Fsp3) is 0.583. The van der Waals surface area contributed by atoms with Crippen LogP contribution in [0.3, 0.4) is 0 Å². The molecule has 0 saturated carbocycles. The SMILES string of the molecule is O=C(c1ccc(Br)o1)N1C2CCC1CC(Cl)C2. The summed E-state index contributed by atoms with van der Waals surface area (Å²) in [4.78, 5) is 14.3. The van der Waals surface area contributed by atoms with Gasteiger partial charge in [-0.05, 0) is 53.7 Å². The molecule has 0 aliphatic carbocycles. The Morgan fingerprint density at radius 3 is 2.53 bits per heavy atom. The number of halogens is 2. The lowest BCUT2D eigenvalue weighted by molar-refractivity contribution is 0.0565. The first-order valence-electron chi connectivity index (χ1n) is 5.87. The molecular weight excluding hydrogens is 305 g/mol. The Balaban J connectivity index is 1.83. The Labute approximate surface area is 113 Å². The van der Waals surface area contributed by atoms with E-state index >= 15 is 0 Å². The van der Waals surface area contributed by atoms with Gasteiger partial charge >= 0.3 is 0 Å². The van der Waals surface area contributed by atoms with Gasteiger partial charge in [-0.2, -0.15) is 0 Å². The van der Waals surface area contributed by atoms with Gasteiger partial charge in [-0.15, -0.1) is 11.6 Å². The number of piperidine rings is 1. The Morgan fingerprint density at radius 2 is 2.00 bits per heavy atom. The minimum absolute atomic E-state index is 0.00627. The standard InChI is InChI=1S/C12H13BrClNO2/c13-11-4-3-10(17-11)12(16)15-8-1-2-9(15)6-7(14)5-8/h3-4,7-9H,1-2,5-6H2. The molecule has 2 aliphatic rings. The van der Waals surface area contributed by atoms with Crippen LogP contribution in [-0.2, 0) is 0 Å². The summed E-state index contributed by atoms with van der Waals surface area (Å²) in [6.45, 7) is 0. The lowest BCUT2D eigenvalue weighted by atomic mass is 10.0. The molecule has 0 N–H and O–H groups in total. The molecule has 2 saturated heterocycles. The lowest BCUT2D eigenvalue weighted by Crippen LogP contribution is -2.46. The van der Waals surface area contributed by atoms with Gasteiger partial charge < -0.3 is 9.32 Å². The summed E-state index contributed by atoms with van der Waals surface area (Å²) in [7, 11) is 0. The number of alkyl halides is 1. The highest BCUT2D eigenvalue weighted by Crippen LogP contribution is 2.38. The van der Waals surface area contributed by atoms with Gasteiger partial charge in [0.1, 0.15) is 0 Å². The zero-order chi connectivity index (χ0) is 12.0. The van der Waals surface area contributed by atoms with Crippen molar-refractivity contribution in [2.45, 2.75) is 43.1 Å². The topological polar surface area (TPSA) is 33.5 Å². The Kier molecular flexibility index (Phi) is 2.95. The summed E-state index contributed by atoms with van der Waals surface area (Å²) in [5, 5.41) is 0.222. The number of rotatable bonds is 1. The second kappa shape index (κ2) is 4.32. The molecule has 2 fully saturated rings. The molecular formula is C12H13BrClNO2. The summed E-state index contributed by atoms with van der Waals surface area (Å²) in [6.07, 6.45) is 3.96. The molecule has 0 radical (unpaired) electrons. The third kappa shape index (κ3) is 2.02. The van der Waals surface area contributed by atoms with Crippen LogP contribution in [0.15, 0.2) is 21.2 Å². The van der Waals surface area contributed by atoms with Crippen LogP contribution in [0, 0.1) is 0 Å². The zero-order valence-electron chi connectivity index (χ0n) is 9.23. The van der Waals surface area contributed by atoms with Crippen LogP contribution in [-0.4, -0.2) is 28.3 Å². The first kappa shape index (κ1) is 11.6. The third-order valence-corrected chi connectivity index (χ3v) is 4.48. The highest BCUT2D eigenvalue weighted by Gasteiger charge is 2.43. The van der Waals surface area contributed by atoms with Gasteiger partial charge in [0.05, 0.1) is 0 Å². The normalized spacial score (nSPS) is 31.9. The number of carbonyl (C=O) groups is 1. The summed E-state index contributed by atoms with van der Waals surface area (Å²) in [6, 6.07) is 4.07. The van der Waals surface area contributed by atoms with E-state index in [0.29, 0.717) is 22.5 Å². The Bertz CT molecular complexity index is 433. The number of fused-ring (bicyclic) bond motifs is 2. The van der Waals surface area contributed by atoms with Gasteiger partial charge in [-0.1, -0.05) is 0 Å². The molecule has 1 amide bonds. The van der Waals surface area contributed by atoms with Crippen LogP contribution in [0.2, 0.25) is 0 Å². The van der Waals surface area contributed by atoms with Gasteiger partial charge in [0.25, 0.3) is 5.91 Å². The van der Waals surface area contributed by atoms with Crippen molar-refractivity contribution in [3.63, 3.8) is 0 Å². The average Bonchev–Trinajstić information content (AvgIpc) is 2.81. The summed E-state index contributed by atoms with van der Waals surface area (Å²) >= 11 is 9.42. The fourth-order valence-electron chi connectivity index (χ4n) is 3.00. The fourth-order valence-corrected chi connectivity index (χ4v) is 3.72. The first-order valence-corrected chi connectivity index (χ1v) is 7.10. The van der Waals surface area contributed by atoms with Crippen LogP contribution in [0.4, 0.5) is 0 Å². The van der Waals surface area contributed by atoms with Gasteiger partial charge in [0.15, 0.2) is 10.4 Å². The van der Waals surface area contributed by atoms with Crippen molar-refractivity contribution in [1.29, 1.82) is 0 Å². The maximum absolute atomic E-state index is 12.3. The number of furan rings is 1. The summed E-state index contributed by atoms with van der Waals surface area (Å²) in [5.74, 6) is 0.425.